The Morgan fingerprint density at radius 2 is 1.81 bits per heavy atom. The summed E-state index contributed by atoms with van der Waals surface area (Å²) in [5.41, 5.74) is 2.06. The van der Waals surface area contributed by atoms with Crippen molar-refractivity contribution >= 4 is 11.9 Å². The Hall–Kier alpha value is -2.08. The summed E-state index contributed by atoms with van der Waals surface area (Å²) >= 11 is 0. The van der Waals surface area contributed by atoms with Crippen LogP contribution in [-0.4, -0.2) is 44.6 Å². The van der Waals surface area contributed by atoms with Crippen molar-refractivity contribution < 1.29 is 14.3 Å². The van der Waals surface area contributed by atoms with E-state index in [1.807, 2.05) is 24.3 Å². The van der Waals surface area contributed by atoms with Crippen molar-refractivity contribution in [2.75, 3.05) is 27.7 Å². The Balaban J connectivity index is 2.35. The molecule has 116 valence electrons. The number of hydrogen-bond acceptors (Lipinski definition) is 3. The summed E-state index contributed by atoms with van der Waals surface area (Å²) in [4.78, 5) is 24.5. The van der Waals surface area contributed by atoms with Crippen LogP contribution in [0.3, 0.4) is 0 Å². The molecule has 0 radical (unpaired) electrons. The van der Waals surface area contributed by atoms with Gasteiger partial charge in [0.15, 0.2) is 0 Å². The zero-order chi connectivity index (χ0) is 15.7. The lowest BCUT2D eigenvalue weighted by molar-refractivity contribution is -0.128. The minimum atomic E-state index is -0.284. The largest absolute Gasteiger partial charge is 0.380 e. The molecule has 6 nitrogen and oxygen atoms in total. The van der Waals surface area contributed by atoms with Gasteiger partial charge in [0.2, 0.25) is 5.91 Å². The molecule has 2 N–H and O–H groups in total. The molecule has 0 spiro atoms. The smallest absolute Gasteiger partial charge is 0.315 e. The molecule has 1 aromatic rings. The topological polar surface area (TPSA) is 70.7 Å². The van der Waals surface area contributed by atoms with Crippen molar-refractivity contribution in [1.82, 2.24) is 15.5 Å². The SMILES string of the molecule is COCc1ccccc1CNC(=O)NCCC(=O)N(C)C. The first-order valence-electron chi connectivity index (χ1n) is 6.82. The number of ether oxygens (including phenoxy) is 1. The van der Waals surface area contributed by atoms with Crippen molar-refractivity contribution in [2.24, 2.45) is 0 Å². The average Bonchev–Trinajstić information content (AvgIpc) is 2.46. The molecule has 21 heavy (non-hydrogen) atoms. The van der Waals surface area contributed by atoms with Crippen LogP contribution in [-0.2, 0) is 22.7 Å². The molecule has 1 aromatic carbocycles. The molecule has 0 heterocycles. The van der Waals surface area contributed by atoms with Crippen LogP contribution in [0.4, 0.5) is 4.79 Å². The molecule has 6 heteroatoms. The van der Waals surface area contributed by atoms with Gasteiger partial charge in [0.25, 0.3) is 0 Å². The summed E-state index contributed by atoms with van der Waals surface area (Å²) in [6, 6.07) is 7.49. The van der Waals surface area contributed by atoms with E-state index in [1.165, 1.54) is 4.90 Å². The Morgan fingerprint density at radius 1 is 1.14 bits per heavy atom. The molecule has 1 rings (SSSR count). The van der Waals surface area contributed by atoms with Gasteiger partial charge in [-0.3, -0.25) is 4.79 Å². The quantitative estimate of drug-likeness (QED) is 0.791. The summed E-state index contributed by atoms with van der Waals surface area (Å²) in [6.07, 6.45) is 0.292. The molecule has 0 fully saturated rings. The van der Waals surface area contributed by atoms with Gasteiger partial charge in [-0.05, 0) is 11.1 Å². The number of methoxy groups -OCH3 is 1. The van der Waals surface area contributed by atoms with E-state index in [1.54, 1.807) is 21.2 Å². The van der Waals surface area contributed by atoms with Crippen LogP contribution in [0, 0.1) is 0 Å². The first-order chi connectivity index (χ1) is 10.0. The predicted octanol–water partition coefficient (Wildman–Crippen LogP) is 1.11. The zero-order valence-corrected chi connectivity index (χ0v) is 12.8. The zero-order valence-electron chi connectivity index (χ0n) is 12.8. The third-order valence-electron chi connectivity index (χ3n) is 2.98. The molecule has 0 bridgehead atoms. The molecule has 0 aliphatic heterocycles. The molecular formula is C15H23N3O3. The maximum atomic E-state index is 11.7. The van der Waals surface area contributed by atoms with Crippen LogP contribution < -0.4 is 10.6 Å². The van der Waals surface area contributed by atoms with Crippen LogP contribution in [0.2, 0.25) is 0 Å². The van der Waals surface area contributed by atoms with E-state index in [2.05, 4.69) is 10.6 Å². The van der Waals surface area contributed by atoms with E-state index in [9.17, 15) is 9.59 Å². The van der Waals surface area contributed by atoms with Crippen LogP contribution >= 0.6 is 0 Å². The highest BCUT2D eigenvalue weighted by Gasteiger charge is 2.06. The first kappa shape index (κ1) is 17.0. The van der Waals surface area contributed by atoms with Crippen LogP contribution in [0.1, 0.15) is 17.5 Å². The second-order valence-corrected chi connectivity index (χ2v) is 4.85. The summed E-state index contributed by atoms with van der Waals surface area (Å²) in [5, 5.41) is 5.43. The monoisotopic (exact) mass is 293 g/mol. The fourth-order valence-corrected chi connectivity index (χ4v) is 1.77. The minimum Gasteiger partial charge on any atom is -0.380 e. The number of carbonyl (C=O) groups excluding carboxylic acids is 2. The standard InChI is InChI=1S/C15H23N3O3/c1-18(2)14(19)8-9-16-15(20)17-10-12-6-4-5-7-13(12)11-21-3/h4-7H,8-11H2,1-3H3,(H2,16,17,20). The van der Waals surface area contributed by atoms with E-state index in [0.717, 1.165) is 11.1 Å². The third-order valence-corrected chi connectivity index (χ3v) is 2.98. The van der Waals surface area contributed by atoms with Crippen molar-refractivity contribution in [3.63, 3.8) is 0 Å². The lowest BCUT2D eigenvalue weighted by Crippen LogP contribution is -2.37. The summed E-state index contributed by atoms with van der Waals surface area (Å²) in [5.74, 6) is -0.0132. The Labute approximate surface area is 125 Å². The summed E-state index contributed by atoms with van der Waals surface area (Å²) in [7, 11) is 5.02. The highest BCUT2D eigenvalue weighted by molar-refractivity contribution is 5.77. The normalized spacial score (nSPS) is 10.0. The second-order valence-electron chi connectivity index (χ2n) is 4.85. The Morgan fingerprint density at radius 3 is 2.43 bits per heavy atom. The van der Waals surface area contributed by atoms with Gasteiger partial charge in [0, 0.05) is 40.7 Å². The van der Waals surface area contributed by atoms with E-state index in [4.69, 9.17) is 4.74 Å². The van der Waals surface area contributed by atoms with E-state index < -0.39 is 0 Å². The van der Waals surface area contributed by atoms with Crippen LogP contribution in [0.25, 0.3) is 0 Å². The molecule has 0 aliphatic rings. The van der Waals surface area contributed by atoms with Gasteiger partial charge in [-0.15, -0.1) is 0 Å². The van der Waals surface area contributed by atoms with Gasteiger partial charge in [0.05, 0.1) is 6.61 Å². The number of benzene rings is 1. The van der Waals surface area contributed by atoms with Gasteiger partial charge in [0.1, 0.15) is 0 Å². The number of amides is 3. The van der Waals surface area contributed by atoms with E-state index in [0.29, 0.717) is 26.1 Å². The number of carbonyl (C=O) groups is 2. The lowest BCUT2D eigenvalue weighted by Gasteiger charge is -2.12. The molecule has 3 amide bonds. The molecule has 0 atom stereocenters. The number of rotatable bonds is 7. The Bertz CT molecular complexity index is 475. The maximum Gasteiger partial charge on any atom is 0.315 e. The molecule has 0 saturated carbocycles. The van der Waals surface area contributed by atoms with Crippen LogP contribution in [0.15, 0.2) is 24.3 Å². The highest BCUT2D eigenvalue weighted by Crippen LogP contribution is 2.09. The number of urea groups is 1. The molecular weight excluding hydrogens is 270 g/mol. The number of hydrogen-bond donors (Lipinski definition) is 2. The highest BCUT2D eigenvalue weighted by atomic mass is 16.5. The van der Waals surface area contributed by atoms with Crippen LogP contribution in [0.5, 0.6) is 0 Å². The van der Waals surface area contributed by atoms with Crippen molar-refractivity contribution in [2.45, 2.75) is 19.6 Å². The fourth-order valence-electron chi connectivity index (χ4n) is 1.77. The average molecular weight is 293 g/mol. The first-order valence-corrected chi connectivity index (χ1v) is 6.82. The predicted molar refractivity (Wildman–Crippen MR) is 80.7 cm³/mol. The van der Waals surface area contributed by atoms with Crippen molar-refractivity contribution in [1.29, 1.82) is 0 Å². The fraction of sp³-hybridized carbons (Fsp3) is 0.467. The third kappa shape index (κ3) is 6.27. The maximum absolute atomic E-state index is 11.7. The number of nitrogens with one attached hydrogen (secondary N) is 2. The minimum absolute atomic E-state index is 0.0132. The molecule has 0 aromatic heterocycles. The lowest BCUT2D eigenvalue weighted by atomic mass is 10.1. The van der Waals surface area contributed by atoms with Gasteiger partial charge < -0.3 is 20.3 Å². The second kappa shape index (κ2) is 8.97. The van der Waals surface area contributed by atoms with Crippen molar-refractivity contribution in [3.8, 4) is 0 Å². The molecule has 0 saturated heterocycles. The summed E-state index contributed by atoms with van der Waals surface area (Å²) < 4.78 is 5.12. The van der Waals surface area contributed by atoms with Gasteiger partial charge in [-0.2, -0.15) is 0 Å². The summed E-state index contributed by atoms with van der Waals surface area (Å²) in [6.45, 7) is 1.26. The molecule has 0 aliphatic carbocycles. The van der Waals surface area contributed by atoms with Crippen molar-refractivity contribution in [3.05, 3.63) is 35.4 Å². The van der Waals surface area contributed by atoms with Gasteiger partial charge >= 0.3 is 6.03 Å². The number of nitrogens with zero attached hydrogens (tertiary/aromatic N) is 1. The van der Waals surface area contributed by atoms with Gasteiger partial charge in [-0.25, -0.2) is 4.79 Å². The van der Waals surface area contributed by atoms with E-state index in [-0.39, 0.29) is 11.9 Å². The van der Waals surface area contributed by atoms with Gasteiger partial charge in [-0.1, -0.05) is 24.3 Å². The molecule has 0 unspecified atom stereocenters. The van der Waals surface area contributed by atoms with E-state index >= 15 is 0 Å². The Kier molecular flexibility index (Phi) is 7.25.